The first-order chi connectivity index (χ1) is 17.2. The van der Waals surface area contributed by atoms with Crippen LogP contribution in [0.4, 0.5) is 4.79 Å². The quantitative estimate of drug-likeness (QED) is 0.447. The molecule has 1 aliphatic heterocycles. The van der Waals surface area contributed by atoms with Crippen molar-refractivity contribution in [1.29, 1.82) is 0 Å². The standard InChI is InChI=1S/C22H30N4O8S2/c1-4-34-22(29)25-9-7-24(8-10-25)20(28)15-36(30,31)14-19(27)23-21-26(11-12-32-2)17-6-5-16(33-3)13-18(17)35-21/h5-6,13H,4,7-12,14-15H2,1-3H3. The minimum atomic E-state index is -4.05. The molecule has 2 aromatic rings. The molecule has 0 radical (unpaired) electrons. The number of hydrogen-bond acceptors (Lipinski definition) is 9. The van der Waals surface area contributed by atoms with Gasteiger partial charge < -0.3 is 28.6 Å². The van der Waals surface area contributed by atoms with E-state index in [0.29, 0.717) is 23.7 Å². The van der Waals surface area contributed by atoms with Gasteiger partial charge in [0.25, 0.3) is 5.91 Å². The number of nitrogens with zero attached hydrogens (tertiary/aromatic N) is 4. The van der Waals surface area contributed by atoms with Crippen LogP contribution < -0.4 is 9.54 Å². The first-order valence-corrected chi connectivity index (χ1v) is 13.9. The van der Waals surface area contributed by atoms with Crippen molar-refractivity contribution in [3.63, 3.8) is 0 Å². The van der Waals surface area contributed by atoms with Crippen molar-refractivity contribution in [3.05, 3.63) is 23.0 Å². The van der Waals surface area contributed by atoms with Crippen LogP contribution >= 0.6 is 11.3 Å². The Morgan fingerprint density at radius 3 is 2.39 bits per heavy atom. The van der Waals surface area contributed by atoms with E-state index in [0.717, 1.165) is 10.2 Å². The molecule has 3 rings (SSSR count). The summed E-state index contributed by atoms with van der Waals surface area (Å²) in [4.78, 5) is 44.1. The fourth-order valence-electron chi connectivity index (χ4n) is 3.68. The van der Waals surface area contributed by atoms with Gasteiger partial charge in [-0.15, -0.1) is 0 Å². The third-order valence-corrected chi connectivity index (χ3v) is 7.89. The summed E-state index contributed by atoms with van der Waals surface area (Å²) >= 11 is 1.23. The summed E-state index contributed by atoms with van der Waals surface area (Å²) in [5.41, 5.74) is 0.810. The van der Waals surface area contributed by atoms with Gasteiger partial charge in [-0.2, -0.15) is 4.99 Å². The van der Waals surface area contributed by atoms with Gasteiger partial charge >= 0.3 is 6.09 Å². The van der Waals surface area contributed by atoms with Crippen LogP contribution in [0, 0.1) is 0 Å². The molecule has 198 valence electrons. The zero-order valence-electron chi connectivity index (χ0n) is 20.5. The number of rotatable bonds is 9. The van der Waals surface area contributed by atoms with Crippen molar-refractivity contribution in [1.82, 2.24) is 14.4 Å². The fourth-order valence-corrected chi connectivity index (χ4v) is 5.88. The van der Waals surface area contributed by atoms with E-state index in [9.17, 15) is 22.8 Å². The fraction of sp³-hybridized carbons (Fsp3) is 0.545. The van der Waals surface area contributed by atoms with Crippen LogP contribution in [0.25, 0.3) is 10.2 Å². The monoisotopic (exact) mass is 542 g/mol. The van der Waals surface area contributed by atoms with E-state index in [1.54, 1.807) is 31.8 Å². The highest BCUT2D eigenvalue weighted by molar-refractivity contribution is 7.92. The maximum absolute atomic E-state index is 12.6. The van der Waals surface area contributed by atoms with Crippen LogP contribution in [0.2, 0.25) is 0 Å². The summed E-state index contributed by atoms with van der Waals surface area (Å²) < 4.78 is 43.1. The molecule has 0 N–H and O–H groups in total. The van der Waals surface area contributed by atoms with Crippen molar-refractivity contribution in [2.75, 3.05) is 65.1 Å². The normalized spacial score (nSPS) is 14.8. The number of amides is 3. The second-order valence-electron chi connectivity index (χ2n) is 7.97. The zero-order valence-corrected chi connectivity index (χ0v) is 22.1. The summed E-state index contributed by atoms with van der Waals surface area (Å²) in [6.07, 6.45) is -0.466. The summed E-state index contributed by atoms with van der Waals surface area (Å²) in [5, 5.41) is 0. The lowest BCUT2D eigenvalue weighted by Crippen LogP contribution is -2.52. The molecule has 0 unspecified atom stereocenters. The molecule has 12 nitrogen and oxygen atoms in total. The summed E-state index contributed by atoms with van der Waals surface area (Å²) in [5.74, 6) is -2.52. The van der Waals surface area contributed by atoms with Crippen LogP contribution in [0.5, 0.6) is 5.75 Å². The summed E-state index contributed by atoms with van der Waals surface area (Å²) in [6, 6.07) is 5.43. The molecule has 1 aliphatic rings. The van der Waals surface area contributed by atoms with Crippen LogP contribution in [-0.4, -0.2) is 106 Å². The van der Waals surface area contributed by atoms with E-state index < -0.39 is 39.3 Å². The number of benzene rings is 1. The molecule has 0 saturated carbocycles. The topological polar surface area (TPSA) is 137 Å². The number of fused-ring (bicyclic) bond motifs is 1. The minimum Gasteiger partial charge on any atom is -0.497 e. The molecule has 0 bridgehead atoms. The lowest BCUT2D eigenvalue weighted by molar-refractivity contribution is -0.130. The Bertz CT molecular complexity index is 1280. The van der Waals surface area contributed by atoms with E-state index in [1.165, 1.54) is 21.1 Å². The largest absolute Gasteiger partial charge is 0.497 e. The van der Waals surface area contributed by atoms with Gasteiger partial charge in [0, 0.05) is 39.8 Å². The lowest BCUT2D eigenvalue weighted by Gasteiger charge is -2.34. The average molecular weight is 543 g/mol. The molecule has 0 spiro atoms. The van der Waals surface area contributed by atoms with Gasteiger partial charge in [0.15, 0.2) is 14.6 Å². The van der Waals surface area contributed by atoms with Gasteiger partial charge in [0.1, 0.15) is 17.3 Å². The van der Waals surface area contributed by atoms with Crippen molar-refractivity contribution in [2.45, 2.75) is 13.5 Å². The first kappa shape index (κ1) is 27.6. The highest BCUT2D eigenvalue weighted by atomic mass is 32.2. The molecular weight excluding hydrogens is 512 g/mol. The molecule has 1 fully saturated rings. The van der Waals surface area contributed by atoms with Gasteiger partial charge in [-0.05, 0) is 25.1 Å². The van der Waals surface area contributed by atoms with E-state index in [1.807, 2.05) is 12.1 Å². The molecule has 3 amide bonds. The first-order valence-electron chi connectivity index (χ1n) is 11.3. The molecule has 1 aromatic carbocycles. The molecule has 14 heteroatoms. The van der Waals surface area contributed by atoms with E-state index in [4.69, 9.17) is 14.2 Å². The van der Waals surface area contributed by atoms with Crippen LogP contribution in [-0.2, 0) is 35.4 Å². The van der Waals surface area contributed by atoms with E-state index in [-0.39, 0.29) is 32.8 Å². The van der Waals surface area contributed by atoms with Crippen molar-refractivity contribution < 1.29 is 37.0 Å². The molecule has 1 aromatic heterocycles. The minimum absolute atomic E-state index is 0.191. The Morgan fingerprint density at radius 2 is 1.75 bits per heavy atom. The van der Waals surface area contributed by atoms with Crippen molar-refractivity contribution >= 4 is 49.3 Å². The van der Waals surface area contributed by atoms with E-state index in [2.05, 4.69) is 4.99 Å². The van der Waals surface area contributed by atoms with Crippen molar-refractivity contribution in [2.24, 2.45) is 4.99 Å². The predicted molar refractivity (Wildman–Crippen MR) is 133 cm³/mol. The van der Waals surface area contributed by atoms with Gasteiger partial charge in [-0.3, -0.25) is 9.59 Å². The Kier molecular flexibility index (Phi) is 9.45. The third kappa shape index (κ3) is 7.04. The highest BCUT2D eigenvalue weighted by Gasteiger charge is 2.28. The maximum Gasteiger partial charge on any atom is 0.409 e. The molecule has 36 heavy (non-hydrogen) atoms. The van der Waals surface area contributed by atoms with Gasteiger partial charge in [0.2, 0.25) is 5.91 Å². The third-order valence-electron chi connectivity index (χ3n) is 5.47. The maximum atomic E-state index is 12.6. The number of carbonyl (C=O) groups is 3. The number of hydrogen-bond donors (Lipinski definition) is 0. The molecule has 0 aliphatic carbocycles. The number of aromatic nitrogens is 1. The lowest BCUT2D eigenvalue weighted by atomic mass is 10.3. The molecular formula is C22H30N4O8S2. The number of methoxy groups -OCH3 is 2. The summed E-state index contributed by atoms with van der Waals surface area (Å²) in [7, 11) is -0.941. The number of thiazole rings is 1. The summed E-state index contributed by atoms with van der Waals surface area (Å²) in [6.45, 7) is 3.61. The molecule has 0 atom stereocenters. The SMILES string of the molecule is CCOC(=O)N1CCN(C(=O)CS(=O)(=O)CC(=O)N=c2sc3cc(OC)ccc3n2CCOC)CC1. The number of ether oxygens (including phenoxy) is 3. The number of sulfone groups is 1. The molecule has 1 saturated heterocycles. The Morgan fingerprint density at radius 1 is 1.06 bits per heavy atom. The van der Waals surface area contributed by atoms with Gasteiger partial charge in [-0.1, -0.05) is 11.3 Å². The number of piperazine rings is 1. The second-order valence-corrected chi connectivity index (χ2v) is 11.0. The van der Waals surface area contributed by atoms with Crippen LogP contribution in [0.3, 0.4) is 0 Å². The van der Waals surface area contributed by atoms with Crippen LogP contribution in [0.15, 0.2) is 23.2 Å². The molecule has 2 heterocycles. The predicted octanol–water partition coefficient (Wildman–Crippen LogP) is 0.501. The average Bonchev–Trinajstić information content (AvgIpc) is 3.17. The Labute approximate surface area is 213 Å². The zero-order chi connectivity index (χ0) is 26.3. The van der Waals surface area contributed by atoms with Gasteiger partial charge in [0.05, 0.1) is 30.5 Å². The second kappa shape index (κ2) is 12.3. The van der Waals surface area contributed by atoms with Crippen LogP contribution in [0.1, 0.15) is 6.92 Å². The van der Waals surface area contributed by atoms with Crippen molar-refractivity contribution in [3.8, 4) is 5.75 Å². The Hall–Kier alpha value is -2.97. The van der Waals surface area contributed by atoms with Gasteiger partial charge in [-0.25, -0.2) is 13.2 Å². The highest BCUT2D eigenvalue weighted by Crippen LogP contribution is 2.23. The Balaban J connectivity index is 1.68. The van der Waals surface area contributed by atoms with E-state index >= 15 is 0 Å². The number of carbonyl (C=O) groups excluding carboxylic acids is 3. The smallest absolute Gasteiger partial charge is 0.409 e.